The maximum absolute atomic E-state index is 12.2. The largest absolute Gasteiger partial charge is 0.493 e. The van der Waals surface area contributed by atoms with Gasteiger partial charge in [0, 0.05) is 0 Å². The first-order chi connectivity index (χ1) is 14.5. The smallest absolute Gasteiger partial charge is 0.363 e. The highest BCUT2D eigenvalue weighted by Gasteiger charge is 2.25. The molecule has 1 aromatic heterocycles. The summed E-state index contributed by atoms with van der Waals surface area (Å²) >= 11 is 7.91. The number of methoxy groups -OCH3 is 1. The van der Waals surface area contributed by atoms with Crippen molar-refractivity contribution in [3.8, 4) is 11.5 Å². The number of hydrogen-bond acceptors (Lipinski definition) is 6. The highest BCUT2D eigenvalue weighted by molar-refractivity contribution is 7.12. The zero-order chi connectivity index (χ0) is 21.1. The number of benzene rings is 2. The van der Waals surface area contributed by atoms with Crippen molar-refractivity contribution in [1.29, 1.82) is 0 Å². The van der Waals surface area contributed by atoms with Crippen molar-refractivity contribution in [2.45, 2.75) is 13.5 Å². The average Bonchev–Trinajstić information content (AvgIpc) is 3.37. The molecule has 7 heteroatoms. The molecular weight excluding hydrogens is 422 g/mol. The van der Waals surface area contributed by atoms with Crippen molar-refractivity contribution in [1.82, 2.24) is 0 Å². The van der Waals surface area contributed by atoms with Gasteiger partial charge in [-0.1, -0.05) is 47.5 Å². The highest BCUT2D eigenvalue weighted by atomic mass is 35.5. The summed E-state index contributed by atoms with van der Waals surface area (Å²) in [5, 5.41) is 2.27. The molecule has 1 aliphatic heterocycles. The maximum atomic E-state index is 12.2. The topological polar surface area (TPSA) is 57.1 Å². The standard InChI is InChI=1S/C23H18ClNO4S/c1-14-5-3-6-15(9-14)13-28-21-17(24)10-16(12-19(21)27-2)11-18-23(26)29-22(25-18)20-7-4-8-30-20/h3-12H,13H2,1-2H3/b18-11-. The molecule has 1 aliphatic rings. The summed E-state index contributed by atoms with van der Waals surface area (Å²) in [7, 11) is 1.54. The molecule has 0 atom stereocenters. The van der Waals surface area contributed by atoms with Crippen LogP contribution in [0.5, 0.6) is 11.5 Å². The molecule has 0 saturated carbocycles. The molecule has 2 aromatic carbocycles. The van der Waals surface area contributed by atoms with Crippen molar-refractivity contribution in [2.75, 3.05) is 7.11 Å². The van der Waals surface area contributed by atoms with Crippen LogP contribution in [0.2, 0.25) is 5.02 Å². The summed E-state index contributed by atoms with van der Waals surface area (Å²) in [4.78, 5) is 17.3. The molecule has 4 rings (SSSR count). The van der Waals surface area contributed by atoms with E-state index >= 15 is 0 Å². The SMILES string of the molecule is COc1cc(/C=C2\N=C(c3cccs3)OC2=O)cc(Cl)c1OCc1cccc(C)c1. The molecule has 0 bridgehead atoms. The lowest BCUT2D eigenvalue weighted by molar-refractivity contribution is -0.129. The quantitative estimate of drug-likeness (QED) is 0.368. The minimum atomic E-state index is -0.506. The second kappa shape index (κ2) is 8.73. The fraction of sp³-hybridized carbons (Fsp3) is 0.130. The number of halogens is 1. The van der Waals surface area contributed by atoms with Gasteiger partial charge in [0.25, 0.3) is 0 Å². The van der Waals surface area contributed by atoms with E-state index in [4.69, 9.17) is 25.8 Å². The Kier molecular flexibility index (Phi) is 5.88. The van der Waals surface area contributed by atoms with Gasteiger partial charge in [0.2, 0.25) is 5.90 Å². The summed E-state index contributed by atoms with van der Waals surface area (Å²) in [6.45, 7) is 2.39. The lowest BCUT2D eigenvalue weighted by Gasteiger charge is -2.13. The van der Waals surface area contributed by atoms with Gasteiger partial charge in [0.05, 0.1) is 17.0 Å². The van der Waals surface area contributed by atoms with E-state index in [1.165, 1.54) is 11.3 Å². The average molecular weight is 440 g/mol. The van der Waals surface area contributed by atoms with E-state index in [1.807, 2.05) is 48.7 Å². The predicted molar refractivity (Wildman–Crippen MR) is 118 cm³/mol. The third-order valence-corrected chi connectivity index (χ3v) is 5.51. The molecule has 0 saturated heterocycles. The zero-order valence-corrected chi connectivity index (χ0v) is 17.9. The summed E-state index contributed by atoms with van der Waals surface area (Å²) in [6.07, 6.45) is 1.61. The Hall–Kier alpha value is -3.09. The molecule has 30 heavy (non-hydrogen) atoms. The molecule has 0 aliphatic carbocycles. The number of carbonyl (C=O) groups is 1. The van der Waals surface area contributed by atoms with E-state index in [2.05, 4.69) is 4.99 Å². The third-order valence-electron chi connectivity index (χ3n) is 4.37. The van der Waals surface area contributed by atoms with Crippen LogP contribution < -0.4 is 9.47 Å². The van der Waals surface area contributed by atoms with Crippen molar-refractivity contribution in [3.05, 3.63) is 86.2 Å². The number of nitrogens with zero attached hydrogens (tertiary/aromatic N) is 1. The number of rotatable bonds is 6. The number of ether oxygens (including phenoxy) is 3. The van der Waals surface area contributed by atoms with E-state index in [9.17, 15) is 4.79 Å². The van der Waals surface area contributed by atoms with Crippen LogP contribution in [0.15, 0.2) is 64.6 Å². The number of carbonyl (C=O) groups excluding carboxylic acids is 1. The number of hydrogen-bond donors (Lipinski definition) is 0. The molecule has 0 fully saturated rings. The Bertz CT molecular complexity index is 1150. The maximum Gasteiger partial charge on any atom is 0.363 e. The van der Waals surface area contributed by atoms with E-state index in [-0.39, 0.29) is 5.70 Å². The van der Waals surface area contributed by atoms with Crippen molar-refractivity contribution in [3.63, 3.8) is 0 Å². The van der Waals surface area contributed by atoms with Gasteiger partial charge in [-0.2, -0.15) is 0 Å². The summed E-state index contributed by atoms with van der Waals surface area (Å²) in [6, 6.07) is 15.2. The monoisotopic (exact) mass is 439 g/mol. The Morgan fingerprint density at radius 3 is 2.80 bits per heavy atom. The van der Waals surface area contributed by atoms with Crippen molar-refractivity contribution in [2.24, 2.45) is 4.99 Å². The van der Waals surface area contributed by atoms with Crippen LogP contribution in [-0.4, -0.2) is 19.0 Å². The van der Waals surface area contributed by atoms with Gasteiger partial charge in [-0.3, -0.25) is 0 Å². The lowest BCUT2D eigenvalue weighted by atomic mass is 10.1. The van der Waals surface area contributed by atoms with Gasteiger partial charge in [0.15, 0.2) is 17.2 Å². The third kappa shape index (κ3) is 4.40. The van der Waals surface area contributed by atoms with Crippen LogP contribution in [0.4, 0.5) is 0 Å². The Balaban J connectivity index is 1.59. The first kappa shape index (κ1) is 20.2. The minimum Gasteiger partial charge on any atom is -0.493 e. The molecule has 0 amide bonds. The first-order valence-electron chi connectivity index (χ1n) is 9.16. The van der Waals surface area contributed by atoms with E-state index in [0.29, 0.717) is 34.6 Å². The molecule has 3 aromatic rings. The molecule has 0 radical (unpaired) electrons. The van der Waals surface area contributed by atoms with Gasteiger partial charge in [-0.15, -0.1) is 11.3 Å². The summed E-state index contributed by atoms with van der Waals surface area (Å²) in [5.74, 6) is 0.709. The van der Waals surface area contributed by atoms with Gasteiger partial charge in [0.1, 0.15) is 6.61 Å². The van der Waals surface area contributed by atoms with Crippen molar-refractivity contribution >= 4 is 40.9 Å². The Labute approximate surface area is 183 Å². The molecule has 0 N–H and O–H groups in total. The molecule has 152 valence electrons. The Morgan fingerprint density at radius 2 is 2.07 bits per heavy atom. The van der Waals surface area contributed by atoms with Crippen LogP contribution in [0, 0.1) is 6.92 Å². The second-order valence-electron chi connectivity index (χ2n) is 6.63. The summed E-state index contributed by atoms with van der Waals surface area (Å²) < 4.78 is 16.6. The van der Waals surface area contributed by atoms with Crippen LogP contribution in [-0.2, 0) is 16.1 Å². The van der Waals surface area contributed by atoms with E-state index in [1.54, 1.807) is 25.3 Å². The number of thiophene rings is 1. The predicted octanol–water partition coefficient (Wildman–Crippen LogP) is 5.64. The number of cyclic esters (lactones) is 1. The van der Waals surface area contributed by atoms with Gasteiger partial charge in [-0.05, 0) is 47.7 Å². The van der Waals surface area contributed by atoms with Crippen LogP contribution >= 0.6 is 22.9 Å². The van der Waals surface area contributed by atoms with Gasteiger partial charge >= 0.3 is 5.97 Å². The van der Waals surface area contributed by atoms with E-state index < -0.39 is 5.97 Å². The van der Waals surface area contributed by atoms with Crippen LogP contribution in [0.1, 0.15) is 21.6 Å². The second-order valence-corrected chi connectivity index (χ2v) is 7.98. The molecular formula is C23H18ClNO4S. The highest BCUT2D eigenvalue weighted by Crippen LogP contribution is 2.38. The van der Waals surface area contributed by atoms with Gasteiger partial charge < -0.3 is 14.2 Å². The number of esters is 1. The fourth-order valence-corrected chi connectivity index (χ4v) is 3.92. The normalized spacial score (nSPS) is 14.6. The number of aliphatic imine (C=N–C) groups is 1. The zero-order valence-electron chi connectivity index (χ0n) is 16.3. The molecule has 0 spiro atoms. The first-order valence-corrected chi connectivity index (χ1v) is 10.4. The molecule has 5 nitrogen and oxygen atoms in total. The number of aryl methyl sites for hydroxylation is 1. The Morgan fingerprint density at radius 1 is 1.20 bits per heavy atom. The van der Waals surface area contributed by atoms with E-state index in [0.717, 1.165) is 16.0 Å². The fourth-order valence-electron chi connectivity index (χ4n) is 2.99. The minimum absolute atomic E-state index is 0.199. The van der Waals surface area contributed by atoms with Crippen LogP contribution in [0.25, 0.3) is 6.08 Å². The molecule has 2 heterocycles. The van der Waals surface area contributed by atoms with Crippen LogP contribution in [0.3, 0.4) is 0 Å². The van der Waals surface area contributed by atoms with Gasteiger partial charge in [-0.25, -0.2) is 9.79 Å². The van der Waals surface area contributed by atoms with Crippen molar-refractivity contribution < 1.29 is 19.0 Å². The lowest BCUT2D eigenvalue weighted by Crippen LogP contribution is -2.03. The summed E-state index contributed by atoms with van der Waals surface area (Å²) in [5.41, 5.74) is 3.04. The molecule has 0 unspecified atom stereocenters.